The third-order valence-corrected chi connectivity index (χ3v) is 2.59. The van der Waals surface area contributed by atoms with Crippen molar-refractivity contribution in [2.24, 2.45) is 0 Å². The number of ether oxygens (including phenoxy) is 1. The summed E-state index contributed by atoms with van der Waals surface area (Å²) in [6.07, 6.45) is 0.267. The van der Waals surface area contributed by atoms with E-state index in [4.69, 9.17) is 4.55 Å². The summed E-state index contributed by atoms with van der Waals surface area (Å²) in [5, 5.41) is 9.22. The zero-order chi connectivity index (χ0) is 11.6. The Balaban J connectivity index is -0.000000750. The Morgan fingerprint density at radius 3 is 2.06 bits per heavy atom. The lowest BCUT2D eigenvalue weighted by Gasteiger charge is -2.07. The third kappa shape index (κ3) is 4.27. The van der Waals surface area contributed by atoms with E-state index < -0.39 is 20.8 Å². The van der Waals surface area contributed by atoms with Crippen LogP contribution in [-0.4, -0.2) is 47.9 Å². The van der Waals surface area contributed by atoms with Gasteiger partial charge in [-0.25, -0.2) is 0 Å². The smallest absolute Gasteiger partial charge is 0.298 e. The van der Waals surface area contributed by atoms with Crippen LogP contribution in [0.1, 0.15) is 10.4 Å². The summed E-state index contributed by atoms with van der Waals surface area (Å²) in [6.45, 7) is 0. The summed E-state index contributed by atoms with van der Waals surface area (Å²) in [5.41, 5.74) is -0.247. The van der Waals surface area contributed by atoms with Crippen LogP contribution < -0.4 is 4.74 Å². The standard InChI is InChI=1S/C8H8O6S.3H2O/c1-14-7-3-6(10)5(4-9)2-8(7)15(11,12)13;;;/h2-4,10H,1H3,(H,11,12,13);3*1H2. The molecule has 0 spiro atoms. The Labute approximate surface area is 102 Å². The van der Waals surface area contributed by atoms with Crippen LogP contribution >= 0.6 is 0 Å². The van der Waals surface area contributed by atoms with Gasteiger partial charge in [0.2, 0.25) is 0 Å². The molecule has 1 aromatic rings. The van der Waals surface area contributed by atoms with Crippen LogP contribution in [0.15, 0.2) is 17.0 Å². The van der Waals surface area contributed by atoms with Crippen molar-refractivity contribution in [3.63, 3.8) is 0 Å². The van der Waals surface area contributed by atoms with Gasteiger partial charge in [0.25, 0.3) is 10.1 Å². The van der Waals surface area contributed by atoms with E-state index in [9.17, 15) is 18.3 Å². The van der Waals surface area contributed by atoms with Crippen LogP contribution in [0.5, 0.6) is 11.5 Å². The van der Waals surface area contributed by atoms with Crippen molar-refractivity contribution in [3.8, 4) is 11.5 Å². The first-order valence-corrected chi connectivity index (χ1v) is 5.18. The fraction of sp³-hybridized carbons (Fsp3) is 0.125. The molecular formula is C8H14O9S. The number of aldehydes is 1. The van der Waals surface area contributed by atoms with Crippen molar-refractivity contribution in [1.82, 2.24) is 0 Å². The molecule has 1 aromatic carbocycles. The SMILES string of the molecule is COc1cc(O)c(C=O)cc1S(=O)(=O)O.O.O.O. The molecule has 0 aliphatic carbocycles. The number of carbonyl (C=O) groups is 1. The van der Waals surface area contributed by atoms with Gasteiger partial charge in [-0.3, -0.25) is 9.35 Å². The molecule has 9 nitrogen and oxygen atoms in total. The molecule has 106 valence electrons. The van der Waals surface area contributed by atoms with Crippen LogP contribution in [0.4, 0.5) is 0 Å². The average molecular weight is 286 g/mol. The highest BCUT2D eigenvalue weighted by molar-refractivity contribution is 7.86. The van der Waals surface area contributed by atoms with E-state index in [1.54, 1.807) is 0 Å². The Bertz CT molecular complexity index is 494. The van der Waals surface area contributed by atoms with Gasteiger partial charge in [-0.2, -0.15) is 8.42 Å². The molecule has 0 radical (unpaired) electrons. The fourth-order valence-corrected chi connectivity index (χ4v) is 1.69. The van der Waals surface area contributed by atoms with E-state index in [1.807, 2.05) is 0 Å². The van der Waals surface area contributed by atoms with Gasteiger partial charge in [0.05, 0.1) is 12.7 Å². The summed E-state index contributed by atoms with van der Waals surface area (Å²) in [4.78, 5) is 9.86. The van der Waals surface area contributed by atoms with E-state index >= 15 is 0 Å². The van der Waals surface area contributed by atoms with Crippen molar-refractivity contribution in [2.45, 2.75) is 4.90 Å². The fourth-order valence-electron chi connectivity index (χ4n) is 1.02. The van der Waals surface area contributed by atoms with E-state index in [0.29, 0.717) is 0 Å². The van der Waals surface area contributed by atoms with E-state index in [1.165, 1.54) is 7.11 Å². The maximum absolute atomic E-state index is 10.9. The van der Waals surface area contributed by atoms with Crippen LogP contribution in [0.25, 0.3) is 0 Å². The zero-order valence-corrected chi connectivity index (χ0v) is 9.98. The van der Waals surface area contributed by atoms with Gasteiger partial charge in [0, 0.05) is 6.07 Å². The second-order valence-corrected chi connectivity index (χ2v) is 4.04. The number of phenols is 1. The topological polar surface area (TPSA) is 195 Å². The van der Waals surface area contributed by atoms with E-state index in [0.717, 1.165) is 12.1 Å². The van der Waals surface area contributed by atoms with Gasteiger partial charge in [-0.1, -0.05) is 0 Å². The van der Waals surface area contributed by atoms with Gasteiger partial charge < -0.3 is 26.3 Å². The predicted octanol–water partition coefficient (Wildman–Crippen LogP) is -2.01. The lowest BCUT2D eigenvalue weighted by molar-refractivity contribution is 0.112. The predicted molar refractivity (Wildman–Crippen MR) is 60.7 cm³/mol. The van der Waals surface area contributed by atoms with Crippen molar-refractivity contribution in [2.75, 3.05) is 7.11 Å². The van der Waals surface area contributed by atoms with Crippen molar-refractivity contribution < 1.29 is 44.0 Å². The molecule has 0 unspecified atom stereocenters. The summed E-state index contributed by atoms with van der Waals surface area (Å²) in [7, 11) is -3.32. The van der Waals surface area contributed by atoms with Crippen molar-refractivity contribution in [3.05, 3.63) is 17.7 Å². The van der Waals surface area contributed by atoms with Crippen LogP contribution in [0.2, 0.25) is 0 Å². The minimum absolute atomic E-state index is 0. The van der Waals surface area contributed by atoms with Crippen molar-refractivity contribution in [1.29, 1.82) is 0 Å². The Kier molecular flexibility index (Phi) is 9.07. The van der Waals surface area contributed by atoms with Crippen LogP contribution in [0.3, 0.4) is 0 Å². The van der Waals surface area contributed by atoms with E-state index in [2.05, 4.69) is 4.74 Å². The molecule has 0 aliphatic rings. The number of phenolic OH excluding ortho intramolecular Hbond substituents is 1. The largest absolute Gasteiger partial charge is 0.507 e. The van der Waals surface area contributed by atoms with Crippen LogP contribution in [-0.2, 0) is 10.1 Å². The first kappa shape index (κ1) is 21.6. The molecule has 0 saturated heterocycles. The molecule has 0 bridgehead atoms. The summed E-state index contributed by atoms with van der Waals surface area (Å²) in [5.74, 6) is -0.658. The molecule has 8 N–H and O–H groups in total. The number of aromatic hydroxyl groups is 1. The lowest BCUT2D eigenvalue weighted by Crippen LogP contribution is -2.02. The molecule has 1 rings (SSSR count). The average Bonchev–Trinajstić information content (AvgIpc) is 2.15. The minimum Gasteiger partial charge on any atom is -0.507 e. The highest BCUT2D eigenvalue weighted by atomic mass is 32.2. The summed E-state index contributed by atoms with van der Waals surface area (Å²) < 4.78 is 35.2. The Morgan fingerprint density at radius 2 is 1.72 bits per heavy atom. The number of hydrogen-bond acceptors (Lipinski definition) is 5. The number of hydrogen-bond donors (Lipinski definition) is 2. The molecule has 0 amide bonds. The second kappa shape index (κ2) is 7.58. The van der Waals surface area contributed by atoms with Gasteiger partial charge in [0.1, 0.15) is 16.4 Å². The highest BCUT2D eigenvalue weighted by Crippen LogP contribution is 2.30. The molecule has 10 heteroatoms. The first-order valence-electron chi connectivity index (χ1n) is 3.74. The van der Waals surface area contributed by atoms with Gasteiger partial charge in [-0.05, 0) is 6.07 Å². The quantitative estimate of drug-likeness (QED) is 0.475. The summed E-state index contributed by atoms with van der Waals surface area (Å²) >= 11 is 0. The molecular weight excluding hydrogens is 272 g/mol. The Hall–Kier alpha value is -1.72. The number of carbonyl (C=O) groups excluding carboxylic acids is 1. The minimum atomic E-state index is -4.49. The van der Waals surface area contributed by atoms with Gasteiger partial charge in [-0.15, -0.1) is 0 Å². The van der Waals surface area contributed by atoms with Crippen LogP contribution in [0, 0.1) is 0 Å². The second-order valence-electron chi connectivity index (χ2n) is 2.65. The highest BCUT2D eigenvalue weighted by Gasteiger charge is 2.19. The molecule has 0 atom stereocenters. The lowest BCUT2D eigenvalue weighted by atomic mass is 10.2. The van der Waals surface area contributed by atoms with Gasteiger partial charge in [0.15, 0.2) is 6.29 Å². The maximum Gasteiger partial charge on any atom is 0.298 e. The number of benzene rings is 1. The zero-order valence-electron chi connectivity index (χ0n) is 9.17. The maximum atomic E-state index is 10.9. The third-order valence-electron chi connectivity index (χ3n) is 1.72. The Morgan fingerprint density at radius 1 is 1.22 bits per heavy atom. The first-order chi connectivity index (χ1) is 6.90. The molecule has 0 aliphatic heterocycles. The van der Waals surface area contributed by atoms with Gasteiger partial charge >= 0.3 is 0 Å². The molecule has 18 heavy (non-hydrogen) atoms. The van der Waals surface area contributed by atoms with Crippen molar-refractivity contribution >= 4 is 16.4 Å². The number of methoxy groups -OCH3 is 1. The number of rotatable bonds is 3. The molecule has 0 heterocycles. The monoisotopic (exact) mass is 286 g/mol. The normalized spacial score (nSPS) is 9.22. The molecule has 0 saturated carbocycles. The molecule has 0 fully saturated rings. The summed E-state index contributed by atoms with van der Waals surface area (Å²) in [6, 6.07) is 1.77. The van der Waals surface area contributed by atoms with E-state index in [-0.39, 0.29) is 34.0 Å². The molecule has 0 aromatic heterocycles.